The maximum Gasteiger partial charge on any atom is 0.150 e. The van der Waals surface area contributed by atoms with Crippen LogP contribution < -0.4 is 22.5 Å². The molecule has 1 unspecified atom stereocenters. The number of hydrogen-bond donors (Lipinski definition) is 5. The molecule has 0 aliphatic carbocycles. The summed E-state index contributed by atoms with van der Waals surface area (Å²) >= 11 is 6.24. The second-order valence-electron chi connectivity index (χ2n) is 12.4. The second-order valence-corrected chi connectivity index (χ2v) is 12.8. The number of nitrogens with two attached hydrogens (primary N) is 3. The first kappa shape index (κ1) is 36.8. The summed E-state index contributed by atoms with van der Waals surface area (Å²) in [5, 5.41) is 17.2. The number of benzene rings is 2. The van der Waals surface area contributed by atoms with Crippen molar-refractivity contribution in [2.24, 2.45) is 5.73 Å². The molecule has 278 valence electrons. The second kappa shape index (κ2) is 17.5. The van der Waals surface area contributed by atoms with Gasteiger partial charge in [-0.1, -0.05) is 35.9 Å². The molecule has 0 radical (unpaired) electrons. The zero-order valence-corrected chi connectivity index (χ0v) is 30.5. The highest BCUT2D eigenvalue weighted by molar-refractivity contribution is 6.35. The monoisotopic (exact) mass is 754 g/mol. The minimum absolute atomic E-state index is 0.00170. The molecule has 0 saturated carbocycles. The smallest absolute Gasteiger partial charge is 0.150 e. The number of halogens is 1. The van der Waals surface area contributed by atoms with Crippen molar-refractivity contribution in [2.75, 3.05) is 23.4 Å². The molecule has 1 aliphatic heterocycles. The van der Waals surface area contributed by atoms with Crippen LogP contribution in [-0.4, -0.2) is 56.5 Å². The lowest BCUT2D eigenvalue weighted by molar-refractivity contribution is -0.0383. The fraction of sp³-hybridized carbons (Fsp3) is 0.179. The van der Waals surface area contributed by atoms with Gasteiger partial charge in [-0.15, -0.1) is 0 Å². The first-order chi connectivity index (χ1) is 26.9. The molecule has 7 heterocycles. The number of ether oxygens (including phenoxy) is 1. The number of aromatic nitrogens is 10. The van der Waals surface area contributed by atoms with Crippen LogP contribution in [0.25, 0.3) is 44.3 Å². The molecule has 0 spiro atoms. The van der Waals surface area contributed by atoms with Gasteiger partial charge in [0.1, 0.15) is 23.3 Å². The highest BCUT2D eigenvalue weighted by Crippen LogP contribution is 2.32. The Bertz CT molecular complexity index is 2460. The van der Waals surface area contributed by atoms with Gasteiger partial charge in [-0.3, -0.25) is 5.10 Å². The van der Waals surface area contributed by atoms with Crippen molar-refractivity contribution in [3.63, 3.8) is 0 Å². The number of nitrogens with zero attached hydrogens (tertiary/aromatic N) is 9. The average Bonchev–Trinajstić information content (AvgIpc) is 3.95. The van der Waals surface area contributed by atoms with Gasteiger partial charge in [0.05, 0.1) is 40.5 Å². The van der Waals surface area contributed by atoms with E-state index in [1.54, 1.807) is 55.4 Å². The van der Waals surface area contributed by atoms with Crippen molar-refractivity contribution in [1.82, 2.24) is 49.9 Å². The zero-order chi connectivity index (χ0) is 38.0. The van der Waals surface area contributed by atoms with Crippen LogP contribution in [0.1, 0.15) is 37.1 Å². The summed E-state index contributed by atoms with van der Waals surface area (Å²) in [5.41, 5.74) is 23.5. The summed E-state index contributed by atoms with van der Waals surface area (Å²) in [5.74, 6) is 2.28. The average molecular weight is 755 g/mol. The van der Waals surface area contributed by atoms with Crippen LogP contribution >= 0.6 is 11.6 Å². The predicted octanol–water partition coefficient (Wildman–Crippen LogP) is 6.58. The standard InChI is InChI=1S/C17H17ClN4O.C17H15N7.C5H7N3/c18-13-10-16(19)21-14-9-11(4-5-12(13)14)15-6-7-20-22(15)17-3-1-2-8-23-17;18-16-9-14(21-10-17-19-5-1-6-20-17)12-3-2-11(8-15(12)23-16)13-4-7-22-24-13;6-4-5-7-2-1-3-8-5/h4-7,9-10,17H,1-3,8H2,(H2,19,21);1-9H,10H2,(H,22,24)(H3,18,21,23);1-3H,4,6H2. The van der Waals surface area contributed by atoms with Crippen LogP contribution in [0, 0.1) is 0 Å². The molecule has 15 nitrogen and oxygen atoms in total. The Hall–Kier alpha value is -6.55. The largest absolute Gasteiger partial charge is 0.384 e. The maximum atomic E-state index is 6.24. The van der Waals surface area contributed by atoms with Gasteiger partial charge in [0.2, 0.25) is 0 Å². The predicted molar refractivity (Wildman–Crippen MR) is 214 cm³/mol. The van der Waals surface area contributed by atoms with Crippen molar-refractivity contribution in [3.05, 3.63) is 127 Å². The van der Waals surface area contributed by atoms with Gasteiger partial charge < -0.3 is 27.3 Å². The van der Waals surface area contributed by atoms with E-state index in [4.69, 9.17) is 33.5 Å². The van der Waals surface area contributed by atoms with Gasteiger partial charge in [-0.2, -0.15) is 10.2 Å². The fourth-order valence-corrected chi connectivity index (χ4v) is 6.34. The molecule has 8 N–H and O–H groups in total. The fourth-order valence-electron chi connectivity index (χ4n) is 6.06. The van der Waals surface area contributed by atoms with Crippen molar-refractivity contribution < 1.29 is 4.74 Å². The molecule has 0 bridgehead atoms. The summed E-state index contributed by atoms with van der Waals surface area (Å²) in [7, 11) is 0. The van der Waals surface area contributed by atoms with Crippen LogP contribution in [0.15, 0.2) is 110 Å². The van der Waals surface area contributed by atoms with Gasteiger partial charge in [0.25, 0.3) is 0 Å². The van der Waals surface area contributed by atoms with Crippen LogP contribution in [0.3, 0.4) is 0 Å². The summed E-state index contributed by atoms with van der Waals surface area (Å²) in [6, 6.07) is 23.0. The molecule has 1 atom stereocenters. The van der Waals surface area contributed by atoms with E-state index in [0.717, 1.165) is 81.7 Å². The van der Waals surface area contributed by atoms with Crippen molar-refractivity contribution in [2.45, 2.75) is 38.6 Å². The van der Waals surface area contributed by atoms with E-state index >= 15 is 0 Å². The van der Waals surface area contributed by atoms with Crippen molar-refractivity contribution in [1.29, 1.82) is 0 Å². The van der Waals surface area contributed by atoms with Crippen LogP contribution in [0.4, 0.5) is 17.3 Å². The number of hydrogen-bond acceptors (Lipinski definition) is 13. The Balaban J connectivity index is 0.000000141. The minimum Gasteiger partial charge on any atom is -0.384 e. The van der Waals surface area contributed by atoms with E-state index in [1.165, 1.54) is 0 Å². The highest BCUT2D eigenvalue weighted by atomic mass is 35.5. The summed E-state index contributed by atoms with van der Waals surface area (Å²) in [6.45, 7) is 1.72. The zero-order valence-electron chi connectivity index (χ0n) is 29.8. The summed E-state index contributed by atoms with van der Waals surface area (Å²) in [6.07, 6.45) is 13.6. The van der Waals surface area contributed by atoms with Gasteiger partial charge in [-0.05, 0) is 61.7 Å². The first-order valence-electron chi connectivity index (χ1n) is 17.6. The van der Waals surface area contributed by atoms with Gasteiger partial charge in [0, 0.05) is 77.4 Å². The molecule has 55 heavy (non-hydrogen) atoms. The Kier molecular flexibility index (Phi) is 11.7. The van der Waals surface area contributed by atoms with Crippen molar-refractivity contribution in [3.8, 4) is 22.5 Å². The number of pyridine rings is 2. The van der Waals surface area contributed by atoms with E-state index in [2.05, 4.69) is 50.5 Å². The quantitative estimate of drug-likeness (QED) is 0.116. The van der Waals surface area contributed by atoms with Crippen LogP contribution in [0.5, 0.6) is 0 Å². The number of H-pyrrole nitrogens is 1. The van der Waals surface area contributed by atoms with E-state index in [9.17, 15) is 0 Å². The molecular weight excluding hydrogens is 716 g/mol. The molecule has 1 aliphatic rings. The van der Waals surface area contributed by atoms with E-state index in [0.29, 0.717) is 35.6 Å². The molecule has 9 rings (SSSR count). The van der Waals surface area contributed by atoms with Gasteiger partial charge in [-0.25, -0.2) is 34.6 Å². The number of aromatic amines is 1. The van der Waals surface area contributed by atoms with Gasteiger partial charge in [0.15, 0.2) is 6.23 Å². The number of anilines is 3. The molecule has 0 amide bonds. The Morgan fingerprint density at radius 3 is 2.15 bits per heavy atom. The van der Waals surface area contributed by atoms with E-state index in [-0.39, 0.29) is 6.23 Å². The lowest BCUT2D eigenvalue weighted by Crippen LogP contribution is -2.19. The lowest BCUT2D eigenvalue weighted by atomic mass is 10.1. The third kappa shape index (κ3) is 9.16. The van der Waals surface area contributed by atoms with E-state index in [1.807, 2.05) is 59.3 Å². The highest BCUT2D eigenvalue weighted by Gasteiger charge is 2.20. The topological polar surface area (TPSA) is 223 Å². The number of rotatable bonds is 7. The number of nitrogens with one attached hydrogen (secondary N) is 2. The molecular formula is C39H39ClN14O. The molecule has 1 fully saturated rings. The number of nitrogen functional groups attached to an aromatic ring is 2. The molecule has 2 aromatic carbocycles. The Morgan fingerprint density at radius 2 is 1.45 bits per heavy atom. The van der Waals surface area contributed by atoms with Crippen LogP contribution in [0.2, 0.25) is 5.02 Å². The molecule has 6 aromatic heterocycles. The Labute approximate surface area is 321 Å². The maximum absolute atomic E-state index is 6.24. The molecule has 8 aromatic rings. The Morgan fingerprint density at radius 1 is 0.764 bits per heavy atom. The third-order valence-corrected chi connectivity index (χ3v) is 8.99. The summed E-state index contributed by atoms with van der Waals surface area (Å²) in [4.78, 5) is 25.0. The van der Waals surface area contributed by atoms with Crippen molar-refractivity contribution >= 4 is 50.7 Å². The summed E-state index contributed by atoms with van der Waals surface area (Å²) < 4.78 is 7.81. The van der Waals surface area contributed by atoms with E-state index < -0.39 is 0 Å². The SMILES string of the molecule is NCc1ncccn1.Nc1cc(Cl)c2ccc(-c3ccnn3C3CCCCO3)cc2n1.Nc1cc(NCc2ncccn2)c2ccc(-c3ccn[nH]3)cc2n1. The molecule has 16 heteroatoms. The molecule has 1 saturated heterocycles. The first-order valence-corrected chi connectivity index (χ1v) is 18.0. The lowest BCUT2D eigenvalue weighted by Gasteiger charge is -2.24. The van der Waals surface area contributed by atoms with Gasteiger partial charge >= 0.3 is 0 Å². The number of fused-ring (bicyclic) bond motifs is 2. The van der Waals surface area contributed by atoms with Crippen LogP contribution in [-0.2, 0) is 17.8 Å². The minimum atomic E-state index is 0.00170. The normalized spacial score (nSPS) is 13.7. The third-order valence-electron chi connectivity index (χ3n) is 8.67.